The molecule has 0 bridgehead atoms. The van der Waals surface area contributed by atoms with Crippen LogP contribution in [0.5, 0.6) is 0 Å². The third kappa shape index (κ3) is 12.5. The van der Waals surface area contributed by atoms with Crippen LogP contribution < -0.4 is 16.0 Å². The van der Waals surface area contributed by atoms with E-state index in [9.17, 15) is 33.9 Å². The fourth-order valence-corrected chi connectivity index (χ4v) is 6.67. The van der Waals surface area contributed by atoms with E-state index in [4.69, 9.17) is 9.47 Å². The molecule has 1 saturated heterocycles. The van der Waals surface area contributed by atoms with Gasteiger partial charge in [0.05, 0.1) is 12.2 Å². The molecule has 4 N–H and O–H groups in total. The van der Waals surface area contributed by atoms with E-state index in [0.29, 0.717) is 37.7 Å². The Morgan fingerprint density at radius 1 is 0.911 bits per heavy atom. The number of rotatable bonds is 17. The number of nitrogens with zero attached hydrogens (tertiary/aromatic N) is 1. The van der Waals surface area contributed by atoms with Gasteiger partial charge in [-0.25, -0.2) is 14.4 Å². The van der Waals surface area contributed by atoms with Crippen molar-refractivity contribution in [2.75, 3.05) is 13.2 Å². The predicted molar refractivity (Wildman–Crippen MR) is 211 cm³/mol. The maximum absolute atomic E-state index is 14.2. The van der Waals surface area contributed by atoms with Crippen molar-refractivity contribution in [3.8, 4) is 0 Å². The smallest absolute Gasteiger partial charge is 0.408 e. The van der Waals surface area contributed by atoms with Crippen LogP contribution in [0.25, 0.3) is 5.57 Å². The number of nitrogens with one attached hydrogen (secondary N) is 3. The number of alkyl carbamates (subject to hydrolysis) is 1. The molecule has 1 aliphatic heterocycles. The largest absolute Gasteiger partial charge is 0.480 e. The standard InChI is InChI=1S/C43H56N4O9/c1-6-43(5,46-36(48)33(45-41(54)56-42(2,3)4)20-13-14-27-55-39(52)32-18-11-8-12-19-32)40(53)44-34(37(49)47-26-15-21-35(47)38(50)51)28-29-22-24-31(25-23-29)30-16-9-7-10-17-30/h7-12,16-19,22,24-25,29,33-35H,6,13-15,20-21,23,26-28H2,1-5H3,(H,44,53)(H,45,54)(H,46,48)(H,50,51)/t29-,33-,34-,35+,43+/m0/s1. The summed E-state index contributed by atoms with van der Waals surface area (Å²) in [5, 5.41) is 18.2. The molecule has 0 aromatic heterocycles. The van der Waals surface area contributed by atoms with E-state index in [2.05, 4.69) is 22.0 Å². The number of unbranched alkanes of at least 4 members (excludes halogenated alkanes) is 1. The van der Waals surface area contributed by atoms with Crippen molar-refractivity contribution in [1.29, 1.82) is 0 Å². The summed E-state index contributed by atoms with van der Waals surface area (Å²) in [7, 11) is 0. The molecular formula is C43H56N4O9. The summed E-state index contributed by atoms with van der Waals surface area (Å²) < 4.78 is 10.8. The minimum absolute atomic E-state index is 0.0955. The SMILES string of the molecule is CC[C@@](C)(NC(=O)[C@H](CCCCOC(=O)c1ccccc1)NC(=O)OC(C)(C)C)C(=O)N[C@@H](C[C@H]1C=CC(c2ccccc2)=CC1)C(=O)N1CCC[C@@H]1C(=O)O. The summed E-state index contributed by atoms with van der Waals surface area (Å²) in [6.07, 6.45) is 8.00. The lowest BCUT2D eigenvalue weighted by atomic mass is 9.88. The highest BCUT2D eigenvalue weighted by Gasteiger charge is 2.42. The molecule has 4 amide bonds. The molecule has 0 spiro atoms. The molecule has 5 atom stereocenters. The average Bonchev–Trinajstić information content (AvgIpc) is 3.67. The zero-order valence-corrected chi connectivity index (χ0v) is 33.0. The molecule has 0 radical (unpaired) electrons. The van der Waals surface area contributed by atoms with E-state index in [0.717, 1.165) is 11.1 Å². The zero-order valence-electron chi connectivity index (χ0n) is 33.0. The molecular weight excluding hydrogens is 716 g/mol. The van der Waals surface area contributed by atoms with Gasteiger partial charge in [-0.3, -0.25) is 14.4 Å². The van der Waals surface area contributed by atoms with Crippen LogP contribution in [0.4, 0.5) is 4.79 Å². The first-order valence-electron chi connectivity index (χ1n) is 19.4. The predicted octanol–water partition coefficient (Wildman–Crippen LogP) is 5.80. The van der Waals surface area contributed by atoms with Gasteiger partial charge in [0.2, 0.25) is 17.7 Å². The van der Waals surface area contributed by atoms with Crippen LogP contribution in [-0.2, 0) is 28.7 Å². The summed E-state index contributed by atoms with van der Waals surface area (Å²) in [6, 6.07) is 15.3. The third-order valence-corrected chi connectivity index (χ3v) is 10.0. The van der Waals surface area contributed by atoms with Gasteiger partial charge in [-0.1, -0.05) is 73.7 Å². The van der Waals surface area contributed by atoms with Gasteiger partial charge >= 0.3 is 18.0 Å². The Hall–Kier alpha value is -5.46. The van der Waals surface area contributed by atoms with Crippen molar-refractivity contribution in [1.82, 2.24) is 20.9 Å². The zero-order chi connectivity index (χ0) is 40.9. The number of esters is 1. The van der Waals surface area contributed by atoms with Crippen LogP contribution in [0.1, 0.15) is 102 Å². The third-order valence-electron chi connectivity index (χ3n) is 10.0. The van der Waals surface area contributed by atoms with Gasteiger partial charge in [0, 0.05) is 6.54 Å². The molecule has 2 aromatic carbocycles. The molecule has 4 rings (SSSR count). The van der Waals surface area contributed by atoms with E-state index in [-0.39, 0.29) is 38.3 Å². The number of aliphatic carboxylic acids is 1. The van der Waals surface area contributed by atoms with Crippen LogP contribution in [-0.4, -0.2) is 88.2 Å². The first-order valence-corrected chi connectivity index (χ1v) is 19.4. The lowest BCUT2D eigenvalue weighted by Crippen LogP contribution is -2.63. The van der Waals surface area contributed by atoms with E-state index in [1.165, 1.54) is 4.90 Å². The van der Waals surface area contributed by atoms with Crippen LogP contribution in [0, 0.1) is 5.92 Å². The Balaban J connectivity index is 1.46. The molecule has 13 heteroatoms. The first-order chi connectivity index (χ1) is 26.6. The highest BCUT2D eigenvalue weighted by Crippen LogP contribution is 2.28. The van der Waals surface area contributed by atoms with Gasteiger partial charge < -0.3 is 35.4 Å². The van der Waals surface area contributed by atoms with Gasteiger partial charge in [0.1, 0.15) is 29.3 Å². The second-order valence-corrected chi connectivity index (χ2v) is 15.5. The van der Waals surface area contributed by atoms with Gasteiger partial charge in [-0.15, -0.1) is 0 Å². The van der Waals surface area contributed by atoms with Crippen molar-refractivity contribution in [2.24, 2.45) is 5.92 Å². The van der Waals surface area contributed by atoms with Gasteiger partial charge in [-0.2, -0.15) is 0 Å². The maximum atomic E-state index is 14.2. The molecule has 2 aromatic rings. The van der Waals surface area contributed by atoms with Gasteiger partial charge in [-0.05, 0) is 108 Å². The minimum Gasteiger partial charge on any atom is -0.480 e. The number of hydrogen-bond acceptors (Lipinski definition) is 8. The lowest BCUT2D eigenvalue weighted by Gasteiger charge is -2.34. The number of benzene rings is 2. The fraction of sp³-hybridized carbons (Fsp3) is 0.488. The van der Waals surface area contributed by atoms with Crippen molar-refractivity contribution in [2.45, 2.75) is 115 Å². The summed E-state index contributed by atoms with van der Waals surface area (Å²) in [6.45, 7) is 8.70. The van der Waals surface area contributed by atoms with E-state index in [1.54, 1.807) is 65.0 Å². The summed E-state index contributed by atoms with van der Waals surface area (Å²) >= 11 is 0. The van der Waals surface area contributed by atoms with Crippen molar-refractivity contribution >= 4 is 41.3 Å². The van der Waals surface area contributed by atoms with Crippen molar-refractivity contribution < 1.29 is 43.3 Å². The molecule has 1 heterocycles. The molecule has 1 aliphatic carbocycles. The molecule has 0 saturated carbocycles. The van der Waals surface area contributed by atoms with E-state index in [1.807, 2.05) is 42.5 Å². The highest BCUT2D eigenvalue weighted by molar-refractivity contribution is 5.97. The normalized spacial score (nSPS) is 18.7. The van der Waals surface area contributed by atoms with E-state index < -0.39 is 65.0 Å². The highest BCUT2D eigenvalue weighted by atomic mass is 16.6. The summed E-state index contributed by atoms with van der Waals surface area (Å²) in [5.74, 6) is -3.45. The number of amides is 4. The second-order valence-electron chi connectivity index (χ2n) is 15.5. The number of allylic oxidation sites excluding steroid dienone is 4. The molecule has 13 nitrogen and oxygen atoms in total. The number of carbonyl (C=O) groups is 6. The Morgan fingerprint density at radius 3 is 2.20 bits per heavy atom. The fourth-order valence-electron chi connectivity index (χ4n) is 6.67. The topological polar surface area (TPSA) is 180 Å². The quantitative estimate of drug-likeness (QED) is 0.114. The number of carboxylic acids is 1. The van der Waals surface area contributed by atoms with E-state index >= 15 is 0 Å². The number of ether oxygens (including phenoxy) is 2. The Kier molecular flexibility index (Phi) is 15.4. The Bertz CT molecular complexity index is 1760. The first kappa shape index (κ1) is 43.3. The number of carbonyl (C=O) groups excluding carboxylic acids is 5. The van der Waals surface area contributed by atoms with Crippen molar-refractivity contribution in [3.63, 3.8) is 0 Å². The molecule has 1 fully saturated rings. The Morgan fingerprint density at radius 2 is 1.59 bits per heavy atom. The molecule has 56 heavy (non-hydrogen) atoms. The van der Waals surface area contributed by atoms with Crippen LogP contribution >= 0.6 is 0 Å². The maximum Gasteiger partial charge on any atom is 0.408 e. The second kappa shape index (κ2) is 19.9. The number of likely N-dealkylation sites (tertiary alicyclic amines) is 1. The number of carboxylic acid groups (broad SMARTS) is 1. The Labute approximate surface area is 329 Å². The molecule has 2 aliphatic rings. The number of hydrogen-bond donors (Lipinski definition) is 4. The van der Waals surface area contributed by atoms with Gasteiger partial charge in [0.15, 0.2) is 0 Å². The monoisotopic (exact) mass is 772 g/mol. The molecule has 302 valence electrons. The van der Waals surface area contributed by atoms with Crippen LogP contribution in [0.15, 0.2) is 78.9 Å². The lowest BCUT2D eigenvalue weighted by molar-refractivity contribution is -0.150. The van der Waals surface area contributed by atoms with Crippen LogP contribution in [0.3, 0.4) is 0 Å². The van der Waals surface area contributed by atoms with Crippen LogP contribution in [0.2, 0.25) is 0 Å². The summed E-state index contributed by atoms with van der Waals surface area (Å²) in [4.78, 5) is 80.7. The average molecular weight is 773 g/mol. The van der Waals surface area contributed by atoms with Gasteiger partial charge in [0.25, 0.3) is 0 Å². The van der Waals surface area contributed by atoms with Crippen molar-refractivity contribution in [3.05, 3.63) is 90.0 Å². The molecule has 0 unspecified atom stereocenters. The summed E-state index contributed by atoms with van der Waals surface area (Å²) in [5.41, 5.74) is 0.170. The minimum atomic E-state index is -1.52.